The topological polar surface area (TPSA) is 68.3 Å². The minimum atomic E-state index is -0.644. The zero-order chi connectivity index (χ0) is 19.1. The smallest absolute Gasteiger partial charge is 0.357 e. The van der Waals surface area contributed by atoms with Gasteiger partial charge in [0.05, 0.1) is 5.69 Å². The molecule has 7 heteroatoms. The molecule has 27 heavy (non-hydrogen) atoms. The highest BCUT2D eigenvalue weighted by Crippen LogP contribution is 2.33. The van der Waals surface area contributed by atoms with E-state index in [1.54, 1.807) is 18.2 Å². The SMILES string of the molecule is O=C(COC(=O)c1ccccn1)Nc1ccccc1Sc1ccc(Cl)cc1. The van der Waals surface area contributed by atoms with Gasteiger partial charge < -0.3 is 10.1 Å². The minimum Gasteiger partial charge on any atom is -0.451 e. The standard InChI is InChI=1S/C20H15ClN2O3S/c21-14-8-10-15(11-9-14)27-18-7-2-1-5-16(18)23-19(24)13-26-20(25)17-6-3-4-12-22-17/h1-12H,13H2,(H,23,24). The molecular weight excluding hydrogens is 384 g/mol. The molecule has 0 fully saturated rings. The lowest BCUT2D eigenvalue weighted by molar-refractivity contribution is -0.119. The van der Waals surface area contributed by atoms with Gasteiger partial charge in [0, 0.05) is 21.0 Å². The predicted octanol–water partition coefficient (Wildman–Crippen LogP) is 4.68. The molecule has 0 bridgehead atoms. The second-order valence-electron chi connectivity index (χ2n) is 5.39. The summed E-state index contributed by atoms with van der Waals surface area (Å²) >= 11 is 7.40. The number of aromatic nitrogens is 1. The monoisotopic (exact) mass is 398 g/mol. The average Bonchev–Trinajstić information content (AvgIpc) is 2.70. The molecule has 1 heterocycles. The van der Waals surface area contributed by atoms with E-state index in [9.17, 15) is 9.59 Å². The molecule has 0 saturated heterocycles. The molecule has 0 saturated carbocycles. The number of carbonyl (C=O) groups is 2. The van der Waals surface area contributed by atoms with Crippen LogP contribution in [0.1, 0.15) is 10.5 Å². The molecule has 2 aromatic carbocycles. The quantitative estimate of drug-likeness (QED) is 0.610. The molecule has 0 aliphatic heterocycles. The molecule has 0 unspecified atom stereocenters. The number of ether oxygens (including phenoxy) is 1. The Morgan fingerprint density at radius 1 is 1.00 bits per heavy atom. The Labute approximate surface area is 165 Å². The van der Waals surface area contributed by atoms with Gasteiger partial charge in [-0.15, -0.1) is 0 Å². The van der Waals surface area contributed by atoms with E-state index in [2.05, 4.69) is 10.3 Å². The number of esters is 1. The number of halogens is 1. The number of anilines is 1. The van der Waals surface area contributed by atoms with Crippen molar-refractivity contribution in [3.63, 3.8) is 0 Å². The third-order valence-corrected chi connectivity index (χ3v) is 4.75. The second kappa shape index (κ2) is 9.21. The summed E-state index contributed by atoms with van der Waals surface area (Å²) in [7, 11) is 0. The summed E-state index contributed by atoms with van der Waals surface area (Å²) in [6.07, 6.45) is 1.49. The summed E-state index contributed by atoms with van der Waals surface area (Å²) < 4.78 is 5.00. The highest BCUT2D eigenvalue weighted by Gasteiger charge is 2.12. The van der Waals surface area contributed by atoms with Crippen molar-refractivity contribution in [2.45, 2.75) is 9.79 Å². The van der Waals surface area contributed by atoms with Crippen LogP contribution in [0.25, 0.3) is 0 Å². The number of benzene rings is 2. The fourth-order valence-electron chi connectivity index (χ4n) is 2.16. The fraction of sp³-hybridized carbons (Fsp3) is 0.0500. The minimum absolute atomic E-state index is 0.156. The molecule has 3 aromatic rings. The maximum Gasteiger partial charge on any atom is 0.357 e. The Bertz CT molecular complexity index is 933. The average molecular weight is 399 g/mol. The highest BCUT2D eigenvalue weighted by atomic mass is 35.5. The van der Waals surface area contributed by atoms with Gasteiger partial charge in [0.25, 0.3) is 5.91 Å². The number of carbonyl (C=O) groups excluding carboxylic acids is 2. The molecule has 0 radical (unpaired) electrons. The van der Waals surface area contributed by atoms with E-state index in [1.165, 1.54) is 24.0 Å². The van der Waals surface area contributed by atoms with E-state index >= 15 is 0 Å². The van der Waals surface area contributed by atoms with Crippen LogP contribution in [0, 0.1) is 0 Å². The first kappa shape index (κ1) is 18.9. The molecular formula is C20H15ClN2O3S. The first-order valence-electron chi connectivity index (χ1n) is 8.02. The number of hydrogen-bond donors (Lipinski definition) is 1. The zero-order valence-corrected chi connectivity index (χ0v) is 15.7. The van der Waals surface area contributed by atoms with Crippen molar-refractivity contribution >= 4 is 40.9 Å². The number of nitrogens with zero attached hydrogens (tertiary/aromatic N) is 1. The molecule has 0 spiro atoms. The molecule has 1 aromatic heterocycles. The summed E-state index contributed by atoms with van der Waals surface area (Å²) in [5.41, 5.74) is 0.792. The van der Waals surface area contributed by atoms with Crippen LogP contribution in [-0.2, 0) is 9.53 Å². The van der Waals surface area contributed by atoms with Gasteiger partial charge in [-0.3, -0.25) is 4.79 Å². The summed E-state index contributed by atoms with van der Waals surface area (Å²) in [6.45, 7) is -0.393. The molecule has 1 amide bonds. The maximum atomic E-state index is 12.2. The van der Waals surface area contributed by atoms with Gasteiger partial charge in [0.15, 0.2) is 6.61 Å². The van der Waals surface area contributed by atoms with E-state index in [4.69, 9.17) is 16.3 Å². The largest absolute Gasteiger partial charge is 0.451 e. The highest BCUT2D eigenvalue weighted by molar-refractivity contribution is 7.99. The van der Waals surface area contributed by atoms with Gasteiger partial charge in [0.1, 0.15) is 5.69 Å². The third-order valence-electron chi connectivity index (χ3n) is 3.41. The van der Waals surface area contributed by atoms with Gasteiger partial charge >= 0.3 is 5.97 Å². The molecule has 3 rings (SSSR count). The molecule has 0 aliphatic carbocycles. The molecule has 5 nitrogen and oxygen atoms in total. The van der Waals surface area contributed by atoms with E-state index in [0.717, 1.165) is 9.79 Å². The van der Waals surface area contributed by atoms with Crippen LogP contribution in [0.2, 0.25) is 5.02 Å². The molecule has 0 aliphatic rings. The Morgan fingerprint density at radius 3 is 2.48 bits per heavy atom. The Kier molecular flexibility index (Phi) is 6.46. The third kappa shape index (κ3) is 5.57. The number of hydrogen-bond acceptors (Lipinski definition) is 5. The first-order valence-corrected chi connectivity index (χ1v) is 9.22. The van der Waals surface area contributed by atoms with Crippen molar-refractivity contribution in [3.8, 4) is 0 Å². The van der Waals surface area contributed by atoms with E-state index < -0.39 is 18.5 Å². The van der Waals surface area contributed by atoms with Crippen molar-refractivity contribution < 1.29 is 14.3 Å². The number of para-hydroxylation sites is 1. The van der Waals surface area contributed by atoms with Crippen molar-refractivity contribution in [2.75, 3.05) is 11.9 Å². The van der Waals surface area contributed by atoms with Crippen molar-refractivity contribution in [2.24, 2.45) is 0 Å². The maximum absolute atomic E-state index is 12.2. The summed E-state index contributed by atoms with van der Waals surface area (Å²) in [5, 5.41) is 3.43. The van der Waals surface area contributed by atoms with E-state index in [0.29, 0.717) is 10.7 Å². The second-order valence-corrected chi connectivity index (χ2v) is 6.94. The first-order chi connectivity index (χ1) is 13.1. The lowest BCUT2D eigenvalue weighted by Crippen LogP contribution is -2.21. The van der Waals surface area contributed by atoms with Crippen LogP contribution in [0.5, 0.6) is 0 Å². The van der Waals surface area contributed by atoms with Crippen LogP contribution in [0.4, 0.5) is 5.69 Å². The van der Waals surface area contributed by atoms with Gasteiger partial charge in [-0.25, -0.2) is 9.78 Å². The van der Waals surface area contributed by atoms with E-state index in [-0.39, 0.29) is 5.69 Å². The Hall–Kier alpha value is -2.83. The van der Waals surface area contributed by atoms with Crippen molar-refractivity contribution in [1.82, 2.24) is 4.98 Å². The van der Waals surface area contributed by atoms with Gasteiger partial charge in [-0.2, -0.15) is 0 Å². The number of rotatable bonds is 6. The van der Waals surface area contributed by atoms with Crippen LogP contribution in [0.3, 0.4) is 0 Å². The van der Waals surface area contributed by atoms with Gasteiger partial charge in [-0.1, -0.05) is 41.6 Å². The van der Waals surface area contributed by atoms with Gasteiger partial charge in [-0.05, 0) is 48.5 Å². The molecule has 0 atom stereocenters. The summed E-state index contributed by atoms with van der Waals surface area (Å²) in [4.78, 5) is 29.8. The number of pyridine rings is 1. The number of nitrogens with one attached hydrogen (secondary N) is 1. The predicted molar refractivity (Wildman–Crippen MR) is 105 cm³/mol. The van der Waals surface area contributed by atoms with Crippen molar-refractivity contribution in [1.29, 1.82) is 0 Å². The lowest BCUT2D eigenvalue weighted by Gasteiger charge is -2.11. The Balaban J connectivity index is 1.61. The zero-order valence-electron chi connectivity index (χ0n) is 14.1. The fourth-order valence-corrected chi connectivity index (χ4v) is 3.19. The van der Waals surface area contributed by atoms with Crippen LogP contribution in [0.15, 0.2) is 82.7 Å². The van der Waals surface area contributed by atoms with Gasteiger partial charge in [0.2, 0.25) is 0 Å². The summed E-state index contributed by atoms with van der Waals surface area (Å²) in [6, 6.07) is 19.7. The Morgan fingerprint density at radius 2 is 1.74 bits per heavy atom. The van der Waals surface area contributed by atoms with Crippen LogP contribution < -0.4 is 5.32 Å². The summed E-state index contributed by atoms with van der Waals surface area (Å²) in [5.74, 6) is -1.07. The number of amides is 1. The van der Waals surface area contributed by atoms with Crippen molar-refractivity contribution in [3.05, 3.63) is 83.6 Å². The molecule has 1 N–H and O–H groups in total. The normalized spacial score (nSPS) is 10.3. The lowest BCUT2D eigenvalue weighted by atomic mass is 10.3. The van der Waals surface area contributed by atoms with Crippen LogP contribution in [-0.4, -0.2) is 23.5 Å². The van der Waals surface area contributed by atoms with E-state index in [1.807, 2.05) is 42.5 Å². The van der Waals surface area contributed by atoms with Crippen LogP contribution >= 0.6 is 23.4 Å². The molecule has 136 valence electrons.